The van der Waals surface area contributed by atoms with Crippen LogP contribution in [0.15, 0.2) is 22.8 Å². The minimum Gasteiger partial charge on any atom is -0.394 e. The maximum atomic E-state index is 12.7. The van der Waals surface area contributed by atoms with Gasteiger partial charge in [0.15, 0.2) is 24.0 Å². The first-order valence-corrected chi connectivity index (χ1v) is 17.3. The van der Waals surface area contributed by atoms with Gasteiger partial charge in [0.2, 0.25) is 0 Å². The second-order valence-electron chi connectivity index (χ2n) is 16.0. The highest BCUT2D eigenvalue weighted by Gasteiger charge is 2.69. The highest BCUT2D eigenvalue weighted by molar-refractivity contribution is 5.86. The molecule has 7 rings (SSSR count). The summed E-state index contributed by atoms with van der Waals surface area (Å²) in [6.07, 6.45) is -0.926. The Morgan fingerprint density at radius 1 is 1.02 bits per heavy atom. The van der Waals surface area contributed by atoms with Crippen molar-refractivity contribution in [2.45, 2.75) is 147 Å². The van der Waals surface area contributed by atoms with Crippen molar-refractivity contribution in [1.29, 1.82) is 0 Å². The van der Waals surface area contributed by atoms with Crippen LogP contribution in [-0.2, 0) is 23.7 Å². The van der Waals surface area contributed by atoms with Crippen molar-refractivity contribution in [2.24, 2.45) is 34.5 Å². The molecule has 46 heavy (non-hydrogen) atoms. The van der Waals surface area contributed by atoms with Gasteiger partial charge in [-0.15, -0.1) is 0 Å². The Bertz CT molecular complexity index is 1290. The van der Waals surface area contributed by atoms with E-state index in [1.54, 1.807) is 13.8 Å². The van der Waals surface area contributed by atoms with Gasteiger partial charge in [0.05, 0.1) is 24.9 Å². The van der Waals surface area contributed by atoms with E-state index in [-0.39, 0.29) is 40.7 Å². The minimum atomic E-state index is -1.74. The summed E-state index contributed by atoms with van der Waals surface area (Å²) < 4.78 is 24.5. The van der Waals surface area contributed by atoms with Crippen molar-refractivity contribution in [3.63, 3.8) is 0 Å². The van der Waals surface area contributed by atoms with Crippen LogP contribution in [0, 0.1) is 34.5 Å². The quantitative estimate of drug-likeness (QED) is 0.246. The van der Waals surface area contributed by atoms with Crippen LogP contribution < -0.4 is 0 Å². The van der Waals surface area contributed by atoms with Crippen molar-refractivity contribution in [2.75, 3.05) is 6.61 Å². The van der Waals surface area contributed by atoms with Crippen LogP contribution in [0.4, 0.5) is 0 Å². The number of hydrogen-bond donors (Lipinski definition) is 6. The third-order valence-corrected chi connectivity index (χ3v) is 13.6. The van der Waals surface area contributed by atoms with Crippen LogP contribution in [0.1, 0.15) is 79.6 Å². The molecule has 4 aliphatic carbocycles. The fourth-order valence-corrected chi connectivity index (χ4v) is 10.8. The summed E-state index contributed by atoms with van der Waals surface area (Å²) in [7, 11) is 0. The number of carbonyl (C=O) groups is 1. The number of rotatable bonds is 6. The van der Waals surface area contributed by atoms with Crippen molar-refractivity contribution >= 4 is 5.78 Å². The number of allylic oxidation sites excluding steroid dienone is 3. The SMILES string of the molecule is CC(=O)[C@](O)(C(C)C)[C@H]1O[C@H](O)[C@@H]2[C@H]1O[C@H]1C=C3C4=C(CC[C@]3(C)[C@H]21)[C@@]1(C)CC[C@H](O[C@@H]2O[C@H](CO)[C@@H](O)[C@H](O)[C@H]2O)C[C@@H]1CC4. The number of aliphatic hydroxyl groups is 6. The summed E-state index contributed by atoms with van der Waals surface area (Å²) in [5.74, 6) is -0.773. The van der Waals surface area contributed by atoms with E-state index in [9.17, 15) is 35.4 Å². The lowest BCUT2D eigenvalue weighted by Crippen LogP contribution is -2.60. The number of ketones is 1. The maximum Gasteiger partial charge on any atom is 0.186 e. The molecule has 16 atom stereocenters. The predicted molar refractivity (Wildman–Crippen MR) is 163 cm³/mol. The van der Waals surface area contributed by atoms with E-state index in [0.717, 1.165) is 44.9 Å². The number of Topliss-reactive ketones (excluding diaryl/α,β-unsaturated/α-hetero) is 1. The van der Waals surface area contributed by atoms with E-state index in [2.05, 4.69) is 19.9 Å². The summed E-state index contributed by atoms with van der Waals surface area (Å²) in [4.78, 5) is 12.7. The molecule has 0 aromatic carbocycles. The Kier molecular flexibility index (Phi) is 8.24. The summed E-state index contributed by atoms with van der Waals surface area (Å²) in [6.45, 7) is 9.13. The number of aliphatic hydroxyl groups excluding tert-OH is 5. The molecule has 4 fully saturated rings. The van der Waals surface area contributed by atoms with Crippen molar-refractivity contribution in [3.05, 3.63) is 22.8 Å². The van der Waals surface area contributed by atoms with E-state index < -0.39 is 67.3 Å². The summed E-state index contributed by atoms with van der Waals surface area (Å²) >= 11 is 0. The van der Waals surface area contributed by atoms with Crippen LogP contribution >= 0.6 is 0 Å². The van der Waals surface area contributed by atoms with E-state index in [0.29, 0.717) is 5.92 Å². The van der Waals surface area contributed by atoms with Gasteiger partial charge >= 0.3 is 0 Å². The van der Waals surface area contributed by atoms with Gasteiger partial charge < -0.3 is 49.6 Å². The van der Waals surface area contributed by atoms with Crippen LogP contribution in [0.3, 0.4) is 0 Å². The molecule has 258 valence electrons. The average Bonchev–Trinajstić information content (AvgIpc) is 3.64. The summed E-state index contributed by atoms with van der Waals surface area (Å²) in [5, 5.41) is 63.2. The smallest absolute Gasteiger partial charge is 0.186 e. The molecule has 6 N–H and O–H groups in total. The lowest BCUT2D eigenvalue weighted by atomic mass is 9.51. The molecule has 0 radical (unpaired) electrons. The van der Waals surface area contributed by atoms with Gasteiger partial charge in [-0.3, -0.25) is 4.79 Å². The molecule has 0 spiro atoms. The van der Waals surface area contributed by atoms with E-state index in [1.807, 2.05) is 0 Å². The highest BCUT2D eigenvalue weighted by Crippen LogP contribution is 2.67. The fraction of sp³-hybridized carbons (Fsp3) is 0.857. The van der Waals surface area contributed by atoms with Gasteiger partial charge in [-0.05, 0) is 85.7 Å². The summed E-state index contributed by atoms with van der Waals surface area (Å²) in [6, 6.07) is 0. The number of ether oxygens (including phenoxy) is 4. The molecule has 3 aliphatic heterocycles. The lowest BCUT2D eigenvalue weighted by molar-refractivity contribution is -0.315. The Labute approximate surface area is 270 Å². The largest absolute Gasteiger partial charge is 0.394 e. The van der Waals surface area contributed by atoms with Gasteiger partial charge in [-0.1, -0.05) is 39.3 Å². The van der Waals surface area contributed by atoms with E-state index in [1.165, 1.54) is 23.6 Å². The zero-order valence-electron chi connectivity index (χ0n) is 27.5. The molecule has 3 heterocycles. The van der Waals surface area contributed by atoms with Gasteiger partial charge in [-0.2, -0.15) is 0 Å². The van der Waals surface area contributed by atoms with Crippen molar-refractivity contribution in [3.8, 4) is 0 Å². The molecule has 1 saturated carbocycles. The second kappa shape index (κ2) is 11.4. The first kappa shape index (κ1) is 33.3. The van der Waals surface area contributed by atoms with Crippen molar-refractivity contribution in [1.82, 2.24) is 0 Å². The molecule has 11 heteroatoms. The Morgan fingerprint density at radius 3 is 2.43 bits per heavy atom. The normalized spacial score (nSPS) is 51.1. The molecule has 0 unspecified atom stereocenters. The molecule has 0 aromatic rings. The maximum absolute atomic E-state index is 12.7. The highest BCUT2D eigenvalue weighted by atomic mass is 16.7. The Hall–Kier alpha value is -1.25. The number of hydrogen-bond acceptors (Lipinski definition) is 11. The minimum absolute atomic E-state index is 0.0115. The third kappa shape index (κ3) is 4.57. The number of fused-ring (bicyclic) bond motifs is 8. The van der Waals surface area contributed by atoms with E-state index in [4.69, 9.17) is 18.9 Å². The molecule has 0 bridgehead atoms. The van der Waals surface area contributed by atoms with Gasteiger partial charge in [0, 0.05) is 11.8 Å². The molecule has 11 nitrogen and oxygen atoms in total. The summed E-state index contributed by atoms with van der Waals surface area (Å²) in [5.41, 5.74) is 2.27. The standard InChI is InChI=1S/C35H52O11/c1-15(2)35(42,16(3)37)30-29-24(31(41)46-30)25-22(44-29)13-21-19-7-6-17-12-18(8-10-33(17,4)20(19)9-11-34(21,25)5)43-32-28(40)27(39)26(38)23(14-36)45-32/h13,15,17-18,22-32,36,38-42H,6-12,14H2,1-5H3/t17-,18-,22-,23+,24-,25-,26+,27-,28+,29+,30-,31-,32+,33-,34-,35+/m0/s1. The Morgan fingerprint density at radius 2 is 1.76 bits per heavy atom. The van der Waals surface area contributed by atoms with Crippen LogP contribution in [0.25, 0.3) is 0 Å². The van der Waals surface area contributed by atoms with E-state index >= 15 is 0 Å². The average molecular weight is 649 g/mol. The van der Waals surface area contributed by atoms with Gasteiger partial charge in [0.25, 0.3) is 0 Å². The van der Waals surface area contributed by atoms with Crippen molar-refractivity contribution < 1.29 is 54.4 Å². The first-order chi connectivity index (χ1) is 21.7. The Balaban J connectivity index is 1.10. The van der Waals surface area contributed by atoms with Crippen LogP contribution in [-0.4, -0.2) is 110 Å². The molecular weight excluding hydrogens is 596 g/mol. The molecule has 0 amide bonds. The second-order valence-corrected chi connectivity index (χ2v) is 16.0. The van der Waals surface area contributed by atoms with Crippen LogP contribution in [0.2, 0.25) is 0 Å². The predicted octanol–water partition coefficient (Wildman–Crippen LogP) is 1.50. The van der Waals surface area contributed by atoms with Gasteiger partial charge in [-0.25, -0.2) is 0 Å². The fourth-order valence-electron chi connectivity index (χ4n) is 10.8. The molecular formula is C35H52O11. The zero-order chi connectivity index (χ0) is 33.1. The number of carbonyl (C=O) groups excluding carboxylic acids is 1. The molecule has 3 saturated heterocycles. The zero-order valence-corrected chi connectivity index (χ0v) is 27.5. The van der Waals surface area contributed by atoms with Gasteiger partial charge in [0.1, 0.15) is 30.5 Å². The monoisotopic (exact) mass is 648 g/mol. The molecule has 7 aliphatic rings. The third-order valence-electron chi connectivity index (χ3n) is 13.6. The molecule has 0 aromatic heterocycles. The first-order valence-electron chi connectivity index (χ1n) is 17.3. The lowest BCUT2D eigenvalue weighted by Gasteiger charge is -2.54. The topological polar surface area (TPSA) is 175 Å². The van der Waals surface area contributed by atoms with Crippen LogP contribution in [0.5, 0.6) is 0 Å².